The Balaban J connectivity index is 1.73. The van der Waals surface area contributed by atoms with Gasteiger partial charge in [0.25, 0.3) is 0 Å². The van der Waals surface area contributed by atoms with Crippen LogP contribution in [0.1, 0.15) is 19.8 Å². The molecule has 2 unspecified atom stereocenters. The van der Waals surface area contributed by atoms with Gasteiger partial charge in [0, 0.05) is 19.0 Å². The van der Waals surface area contributed by atoms with Gasteiger partial charge in [0.1, 0.15) is 12.4 Å². The topological polar surface area (TPSA) is 41.6 Å². The summed E-state index contributed by atoms with van der Waals surface area (Å²) in [5, 5.41) is 3.37. The Kier molecular flexibility index (Phi) is 5.41. The first-order chi connectivity index (χ1) is 9.66. The highest BCUT2D eigenvalue weighted by Crippen LogP contribution is 2.18. The lowest BCUT2D eigenvalue weighted by Crippen LogP contribution is -2.43. The van der Waals surface area contributed by atoms with Crippen LogP contribution < -0.4 is 10.1 Å². The number of carbonyl (C=O) groups is 1. The Morgan fingerprint density at radius 2 is 2.15 bits per heavy atom. The number of nitrogens with zero attached hydrogens (tertiary/aromatic N) is 1. The van der Waals surface area contributed by atoms with Crippen molar-refractivity contribution in [1.82, 2.24) is 10.2 Å². The number of hydrogen-bond donors (Lipinski definition) is 1. The molecule has 1 saturated heterocycles. The van der Waals surface area contributed by atoms with E-state index in [9.17, 15) is 4.79 Å². The summed E-state index contributed by atoms with van der Waals surface area (Å²) in [6.07, 6.45) is 1.87. The highest BCUT2D eigenvalue weighted by atomic mass is 16.5. The monoisotopic (exact) mass is 276 g/mol. The molecule has 0 radical (unpaired) electrons. The average Bonchev–Trinajstić information content (AvgIpc) is 2.47. The predicted octanol–water partition coefficient (Wildman–Crippen LogP) is 1.91. The fraction of sp³-hybridized carbons (Fsp3) is 0.562. The van der Waals surface area contributed by atoms with Crippen LogP contribution in [0, 0.1) is 5.92 Å². The van der Waals surface area contributed by atoms with Gasteiger partial charge in [0.2, 0.25) is 5.91 Å². The standard InChI is InChI=1S/C16H24N2O2/c1-13-12-14(8-9-17-13)16(19)18(2)10-11-20-15-6-4-3-5-7-15/h3-7,13-14,17H,8-12H2,1-2H3. The van der Waals surface area contributed by atoms with Crippen molar-refractivity contribution in [2.24, 2.45) is 5.92 Å². The van der Waals surface area contributed by atoms with E-state index in [1.54, 1.807) is 4.90 Å². The van der Waals surface area contributed by atoms with Gasteiger partial charge in [-0.3, -0.25) is 4.79 Å². The van der Waals surface area contributed by atoms with Crippen molar-refractivity contribution in [3.8, 4) is 5.75 Å². The van der Waals surface area contributed by atoms with Gasteiger partial charge < -0.3 is 15.0 Å². The number of ether oxygens (including phenoxy) is 1. The molecule has 0 spiro atoms. The van der Waals surface area contributed by atoms with Crippen molar-refractivity contribution in [1.29, 1.82) is 0 Å². The second-order valence-corrected chi connectivity index (χ2v) is 5.50. The van der Waals surface area contributed by atoms with E-state index in [-0.39, 0.29) is 11.8 Å². The normalized spacial score (nSPS) is 22.3. The highest BCUT2D eigenvalue weighted by Gasteiger charge is 2.26. The van der Waals surface area contributed by atoms with E-state index in [0.717, 1.165) is 25.1 Å². The van der Waals surface area contributed by atoms with Gasteiger partial charge in [-0.15, -0.1) is 0 Å². The lowest BCUT2D eigenvalue weighted by atomic mass is 9.92. The third-order valence-corrected chi connectivity index (χ3v) is 3.79. The minimum atomic E-state index is 0.160. The van der Waals surface area contributed by atoms with E-state index in [0.29, 0.717) is 19.2 Å². The molecule has 0 bridgehead atoms. The van der Waals surface area contributed by atoms with E-state index in [2.05, 4.69) is 12.2 Å². The third kappa shape index (κ3) is 4.23. The molecule has 0 saturated carbocycles. The van der Waals surface area contributed by atoms with Crippen LogP contribution in [0.2, 0.25) is 0 Å². The molecule has 4 heteroatoms. The van der Waals surface area contributed by atoms with Crippen LogP contribution in [0.5, 0.6) is 5.75 Å². The number of rotatable bonds is 5. The Morgan fingerprint density at radius 3 is 2.85 bits per heavy atom. The van der Waals surface area contributed by atoms with Crippen LogP contribution in [0.15, 0.2) is 30.3 Å². The van der Waals surface area contributed by atoms with E-state index < -0.39 is 0 Å². The van der Waals surface area contributed by atoms with Crippen LogP contribution in [-0.4, -0.2) is 43.6 Å². The highest BCUT2D eigenvalue weighted by molar-refractivity contribution is 5.78. The van der Waals surface area contributed by atoms with Crippen molar-refractivity contribution >= 4 is 5.91 Å². The van der Waals surface area contributed by atoms with Crippen LogP contribution in [-0.2, 0) is 4.79 Å². The fourth-order valence-corrected chi connectivity index (χ4v) is 2.60. The maximum Gasteiger partial charge on any atom is 0.225 e. The Bertz CT molecular complexity index is 422. The minimum Gasteiger partial charge on any atom is -0.492 e. The molecule has 1 aromatic rings. The van der Waals surface area contributed by atoms with E-state index in [1.165, 1.54) is 0 Å². The molecule has 20 heavy (non-hydrogen) atoms. The van der Waals surface area contributed by atoms with E-state index >= 15 is 0 Å². The summed E-state index contributed by atoms with van der Waals surface area (Å²) in [7, 11) is 1.86. The molecule has 1 aliphatic heterocycles. The molecule has 2 atom stereocenters. The molecule has 1 aromatic carbocycles. The molecule has 2 rings (SSSR count). The number of carbonyl (C=O) groups excluding carboxylic acids is 1. The summed E-state index contributed by atoms with van der Waals surface area (Å²) in [5.41, 5.74) is 0. The van der Waals surface area contributed by atoms with Gasteiger partial charge in [-0.25, -0.2) is 0 Å². The van der Waals surface area contributed by atoms with Crippen molar-refractivity contribution in [2.45, 2.75) is 25.8 Å². The summed E-state index contributed by atoms with van der Waals surface area (Å²) in [5.74, 6) is 1.26. The Hall–Kier alpha value is -1.55. The average molecular weight is 276 g/mol. The van der Waals surface area contributed by atoms with Crippen molar-refractivity contribution in [2.75, 3.05) is 26.7 Å². The molecule has 1 N–H and O–H groups in total. The maximum absolute atomic E-state index is 12.3. The van der Waals surface area contributed by atoms with Crippen LogP contribution >= 0.6 is 0 Å². The smallest absolute Gasteiger partial charge is 0.225 e. The molecule has 4 nitrogen and oxygen atoms in total. The number of likely N-dealkylation sites (N-methyl/N-ethyl adjacent to an activating group) is 1. The molecule has 1 aliphatic rings. The number of amides is 1. The summed E-state index contributed by atoms with van der Waals surface area (Å²) >= 11 is 0. The molecule has 1 heterocycles. The van der Waals surface area contributed by atoms with Crippen LogP contribution in [0.25, 0.3) is 0 Å². The molecule has 0 aliphatic carbocycles. The van der Waals surface area contributed by atoms with E-state index in [4.69, 9.17) is 4.74 Å². The minimum absolute atomic E-state index is 0.160. The molecule has 1 fully saturated rings. The summed E-state index contributed by atoms with van der Waals surface area (Å²) in [4.78, 5) is 14.1. The van der Waals surface area contributed by atoms with Gasteiger partial charge in [0.15, 0.2) is 0 Å². The van der Waals surface area contributed by atoms with Gasteiger partial charge in [0.05, 0.1) is 6.54 Å². The third-order valence-electron chi connectivity index (χ3n) is 3.79. The second kappa shape index (κ2) is 7.29. The quantitative estimate of drug-likeness (QED) is 0.893. The lowest BCUT2D eigenvalue weighted by Gasteiger charge is -2.30. The van der Waals surface area contributed by atoms with Crippen molar-refractivity contribution in [3.05, 3.63) is 30.3 Å². The van der Waals surface area contributed by atoms with Gasteiger partial charge in [-0.05, 0) is 38.4 Å². The second-order valence-electron chi connectivity index (χ2n) is 5.50. The van der Waals surface area contributed by atoms with Gasteiger partial charge in [-0.1, -0.05) is 18.2 Å². The van der Waals surface area contributed by atoms with E-state index in [1.807, 2.05) is 37.4 Å². The molecule has 110 valence electrons. The molecular weight excluding hydrogens is 252 g/mol. The van der Waals surface area contributed by atoms with Gasteiger partial charge in [-0.2, -0.15) is 0 Å². The molecule has 1 amide bonds. The zero-order valence-electron chi connectivity index (χ0n) is 12.3. The number of piperidine rings is 1. The molecular formula is C16H24N2O2. The van der Waals surface area contributed by atoms with Crippen LogP contribution in [0.4, 0.5) is 0 Å². The van der Waals surface area contributed by atoms with Gasteiger partial charge >= 0.3 is 0 Å². The zero-order valence-corrected chi connectivity index (χ0v) is 12.3. The largest absolute Gasteiger partial charge is 0.492 e. The Labute approximate surface area is 121 Å². The van der Waals surface area contributed by atoms with Crippen LogP contribution in [0.3, 0.4) is 0 Å². The predicted molar refractivity (Wildman–Crippen MR) is 79.8 cm³/mol. The first kappa shape index (κ1) is 14.9. The number of hydrogen-bond acceptors (Lipinski definition) is 3. The van der Waals surface area contributed by atoms with Crippen molar-refractivity contribution in [3.63, 3.8) is 0 Å². The molecule has 0 aromatic heterocycles. The first-order valence-corrected chi connectivity index (χ1v) is 7.33. The maximum atomic E-state index is 12.3. The summed E-state index contributed by atoms with van der Waals surface area (Å²) < 4.78 is 5.63. The zero-order chi connectivity index (χ0) is 14.4. The summed E-state index contributed by atoms with van der Waals surface area (Å²) in [6, 6.07) is 10.1. The Morgan fingerprint density at radius 1 is 1.40 bits per heavy atom. The SMILES string of the molecule is CC1CC(C(=O)N(C)CCOc2ccccc2)CCN1. The number of nitrogens with one attached hydrogen (secondary N) is 1. The summed E-state index contributed by atoms with van der Waals surface area (Å²) in [6.45, 7) is 4.24. The number of para-hydroxylation sites is 1. The first-order valence-electron chi connectivity index (χ1n) is 7.33. The fourth-order valence-electron chi connectivity index (χ4n) is 2.60. The van der Waals surface area contributed by atoms with Crippen molar-refractivity contribution < 1.29 is 9.53 Å². The number of benzene rings is 1. The lowest BCUT2D eigenvalue weighted by molar-refractivity contribution is -0.135.